The van der Waals surface area contributed by atoms with Gasteiger partial charge in [-0.3, -0.25) is 5.10 Å². The van der Waals surface area contributed by atoms with Crippen LogP contribution in [0.2, 0.25) is 0 Å². The Kier molecular flexibility index (Phi) is 4.06. The van der Waals surface area contributed by atoms with Crippen molar-refractivity contribution in [1.82, 2.24) is 15.4 Å². The van der Waals surface area contributed by atoms with E-state index >= 15 is 0 Å². The molecule has 0 fully saturated rings. The summed E-state index contributed by atoms with van der Waals surface area (Å²) >= 11 is 0. The highest BCUT2D eigenvalue weighted by molar-refractivity contribution is 5.72. The number of hydrogen-bond acceptors (Lipinski definition) is 4. The molecule has 1 aromatic rings. The molecule has 0 bridgehead atoms. The third kappa shape index (κ3) is 3.14. The SMILES string of the molecule is CCC(OCCc1c[nH]nn1)C(=O)O. The van der Waals surface area contributed by atoms with Gasteiger partial charge < -0.3 is 9.84 Å². The molecule has 0 aliphatic rings. The molecule has 6 heteroatoms. The van der Waals surface area contributed by atoms with E-state index in [0.29, 0.717) is 19.4 Å². The Bertz CT molecular complexity index is 273. The molecule has 2 N–H and O–H groups in total. The number of carboxylic acid groups (broad SMARTS) is 1. The van der Waals surface area contributed by atoms with Gasteiger partial charge in [0.05, 0.1) is 12.3 Å². The summed E-state index contributed by atoms with van der Waals surface area (Å²) in [6.45, 7) is 2.12. The highest BCUT2D eigenvalue weighted by atomic mass is 16.5. The van der Waals surface area contributed by atoms with Gasteiger partial charge in [0, 0.05) is 12.6 Å². The van der Waals surface area contributed by atoms with Crippen LogP contribution in [0.3, 0.4) is 0 Å². The summed E-state index contributed by atoms with van der Waals surface area (Å²) < 4.78 is 5.14. The number of aromatic amines is 1. The molecular weight excluding hydrogens is 186 g/mol. The zero-order chi connectivity index (χ0) is 10.4. The van der Waals surface area contributed by atoms with Gasteiger partial charge in [-0.25, -0.2) is 4.79 Å². The number of ether oxygens (including phenoxy) is 1. The molecule has 0 amide bonds. The Morgan fingerprint density at radius 1 is 1.79 bits per heavy atom. The predicted octanol–water partition coefficient (Wildman–Crippen LogP) is 0.227. The highest BCUT2D eigenvalue weighted by Gasteiger charge is 2.14. The summed E-state index contributed by atoms with van der Waals surface area (Å²) in [7, 11) is 0. The molecule has 78 valence electrons. The van der Waals surface area contributed by atoms with Gasteiger partial charge in [0.15, 0.2) is 6.10 Å². The Morgan fingerprint density at radius 3 is 3.07 bits per heavy atom. The summed E-state index contributed by atoms with van der Waals surface area (Å²) in [5.41, 5.74) is 0.769. The van der Waals surface area contributed by atoms with Gasteiger partial charge in [0.1, 0.15) is 0 Å². The lowest BCUT2D eigenvalue weighted by atomic mass is 10.3. The van der Waals surface area contributed by atoms with Gasteiger partial charge in [0.25, 0.3) is 0 Å². The normalized spacial score (nSPS) is 12.6. The lowest BCUT2D eigenvalue weighted by molar-refractivity contribution is -0.150. The molecule has 0 radical (unpaired) electrons. The summed E-state index contributed by atoms with van der Waals surface area (Å²) in [6.07, 6.45) is 1.97. The van der Waals surface area contributed by atoms with E-state index in [2.05, 4.69) is 15.4 Å². The quantitative estimate of drug-likeness (QED) is 0.684. The Hall–Kier alpha value is -1.43. The second-order valence-electron chi connectivity index (χ2n) is 2.82. The Morgan fingerprint density at radius 2 is 2.57 bits per heavy atom. The number of carboxylic acids is 1. The zero-order valence-electron chi connectivity index (χ0n) is 7.93. The first-order chi connectivity index (χ1) is 6.74. The van der Waals surface area contributed by atoms with Gasteiger partial charge in [-0.1, -0.05) is 12.1 Å². The minimum Gasteiger partial charge on any atom is -0.479 e. The van der Waals surface area contributed by atoms with Crippen molar-refractivity contribution in [2.24, 2.45) is 0 Å². The number of nitrogens with one attached hydrogen (secondary N) is 1. The van der Waals surface area contributed by atoms with Crippen molar-refractivity contribution in [2.75, 3.05) is 6.61 Å². The van der Waals surface area contributed by atoms with Crippen LogP contribution >= 0.6 is 0 Å². The summed E-state index contributed by atoms with van der Waals surface area (Å²) in [6, 6.07) is 0. The summed E-state index contributed by atoms with van der Waals surface area (Å²) in [4.78, 5) is 10.6. The lowest BCUT2D eigenvalue weighted by Gasteiger charge is -2.09. The van der Waals surface area contributed by atoms with Crippen LogP contribution in [0.5, 0.6) is 0 Å². The summed E-state index contributed by atoms with van der Waals surface area (Å²) in [5, 5.41) is 18.5. The highest BCUT2D eigenvalue weighted by Crippen LogP contribution is 2.00. The predicted molar refractivity (Wildman–Crippen MR) is 47.8 cm³/mol. The number of aliphatic carboxylic acids is 1. The Labute approximate surface area is 81.3 Å². The van der Waals surface area contributed by atoms with E-state index in [1.807, 2.05) is 0 Å². The molecule has 1 aromatic heterocycles. The van der Waals surface area contributed by atoms with Crippen molar-refractivity contribution in [3.05, 3.63) is 11.9 Å². The van der Waals surface area contributed by atoms with E-state index in [1.54, 1.807) is 13.1 Å². The van der Waals surface area contributed by atoms with Gasteiger partial charge in [-0.15, -0.1) is 5.10 Å². The minimum absolute atomic E-state index is 0.345. The van der Waals surface area contributed by atoms with E-state index in [0.717, 1.165) is 5.69 Å². The van der Waals surface area contributed by atoms with Crippen LogP contribution in [0.25, 0.3) is 0 Å². The molecule has 0 aromatic carbocycles. The monoisotopic (exact) mass is 199 g/mol. The fraction of sp³-hybridized carbons (Fsp3) is 0.625. The third-order valence-electron chi connectivity index (χ3n) is 1.79. The minimum atomic E-state index is -0.923. The van der Waals surface area contributed by atoms with Crippen molar-refractivity contribution in [3.8, 4) is 0 Å². The van der Waals surface area contributed by atoms with Gasteiger partial charge in [-0.05, 0) is 6.42 Å². The molecule has 0 aliphatic heterocycles. The number of aromatic nitrogens is 3. The van der Waals surface area contributed by atoms with E-state index in [-0.39, 0.29) is 0 Å². The fourth-order valence-corrected chi connectivity index (χ4v) is 1.02. The topological polar surface area (TPSA) is 88.1 Å². The van der Waals surface area contributed by atoms with Crippen molar-refractivity contribution in [2.45, 2.75) is 25.9 Å². The molecule has 1 heterocycles. The molecule has 0 saturated carbocycles. The average molecular weight is 199 g/mol. The molecule has 0 spiro atoms. The molecule has 14 heavy (non-hydrogen) atoms. The second kappa shape index (κ2) is 5.33. The van der Waals surface area contributed by atoms with Crippen molar-refractivity contribution in [1.29, 1.82) is 0 Å². The number of H-pyrrole nitrogens is 1. The number of carbonyl (C=O) groups is 1. The largest absolute Gasteiger partial charge is 0.479 e. The smallest absolute Gasteiger partial charge is 0.332 e. The van der Waals surface area contributed by atoms with Crippen molar-refractivity contribution < 1.29 is 14.6 Å². The van der Waals surface area contributed by atoms with Crippen LogP contribution in [-0.2, 0) is 16.0 Å². The first-order valence-corrected chi connectivity index (χ1v) is 4.43. The second-order valence-corrected chi connectivity index (χ2v) is 2.82. The van der Waals surface area contributed by atoms with Crippen LogP contribution in [0.4, 0.5) is 0 Å². The van der Waals surface area contributed by atoms with Crippen LogP contribution in [0.15, 0.2) is 6.20 Å². The van der Waals surface area contributed by atoms with Gasteiger partial charge in [-0.2, -0.15) is 0 Å². The zero-order valence-corrected chi connectivity index (χ0v) is 7.93. The van der Waals surface area contributed by atoms with Crippen molar-refractivity contribution in [3.63, 3.8) is 0 Å². The molecule has 0 aliphatic carbocycles. The van der Waals surface area contributed by atoms with E-state index in [9.17, 15) is 4.79 Å². The first kappa shape index (κ1) is 10.6. The fourth-order valence-electron chi connectivity index (χ4n) is 1.02. The number of hydrogen-bond donors (Lipinski definition) is 2. The lowest BCUT2D eigenvalue weighted by Crippen LogP contribution is -2.23. The van der Waals surface area contributed by atoms with E-state index in [4.69, 9.17) is 9.84 Å². The van der Waals surface area contributed by atoms with Crippen LogP contribution in [-0.4, -0.2) is 39.2 Å². The molecule has 1 rings (SSSR count). The third-order valence-corrected chi connectivity index (χ3v) is 1.79. The molecule has 0 saturated heterocycles. The van der Waals surface area contributed by atoms with Crippen molar-refractivity contribution >= 4 is 5.97 Å². The number of rotatable bonds is 6. The maximum Gasteiger partial charge on any atom is 0.332 e. The molecule has 1 unspecified atom stereocenters. The van der Waals surface area contributed by atoms with Gasteiger partial charge in [0.2, 0.25) is 0 Å². The van der Waals surface area contributed by atoms with E-state index < -0.39 is 12.1 Å². The number of nitrogens with zero attached hydrogens (tertiary/aromatic N) is 2. The maximum atomic E-state index is 10.6. The molecule has 1 atom stereocenters. The van der Waals surface area contributed by atoms with Gasteiger partial charge >= 0.3 is 5.97 Å². The molecular formula is C8H13N3O3. The Balaban J connectivity index is 2.23. The molecule has 6 nitrogen and oxygen atoms in total. The standard InChI is InChI=1S/C8H13N3O3/c1-2-7(8(12)13)14-4-3-6-5-9-11-10-6/h5,7H,2-4H2,1H3,(H,12,13)(H,9,10,11). The van der Waals surface area contributed by atoms with Crippen LogP contribution in [0.1, 0.15) is 19.0 Å². The first-order valence-electron chi connectivity index (χ1n) is 4.43. The average Bonchev–Trinajstić information content (AvgIpc) is 2.64. The van der Waals surface area contributed by atoms with Crippen LogP contribution in [0, 0.1) is 0 Å². The maximum absolute atomic E-state index is 10.6. The van der Waals surface area contributed by atoms with Crippen LogP contribution < -0.4 is 0 Å². The van der Waals surface area contributed by atoms with E-state index in [1.165, 1.54) is 0 Å². The summed E-state index contributed by atoms with van der Waals surface area (Å²) in [5.74, 6) is -0.923.